The maximum absolute atomic E-state index is 12.0. The van der Waals surface area contributed by atoms with Crippen LogP contribution in [0.15, 0.2) is 17.5 Å². The number of hydrogen-bond donors (Lipinski definition) is 1. The third-order valence-corrected chi connectivity index (χ3v) is 4.18. The molecule has 0 atom stereocenters. The van der Waals surface area contributed by atoms with E-state index in [1.54, 1.807) is 16.2 Å². The highest BCUT2D eigenvalue weighted by Gasteiger charge is 2.20. The number of piperidine rings is 1. The van der Waals surface area contributed by atoms with E-state index < -0.39 is 0 Å². The zero-order chi connectivity index (χ0) is 13.0. The molecule has 18 heavy (non-hydrogen) atoms. The van der Waals surface area contributed by atoms with Crippen molar-refractivity contribution >= 4 is 17.2 Å². The molecule has 1 saturated heterocycles. The Kier molecular flexibility index (Phi) is 4.74. The first-order valence-corrected chi connectivity index (χ1v) is 7.20. The Hall–Kier alpha value is -0.910. The van der Waals surface area contributed by atoms with Crippen LogP contribution >= 0.6 is 11.3 Å². The van der Waals surface area contributed by atoms with Gasteiger partial charge in [-0.25, -0.2) is 0 Å². The summed E-state index contributed by atoms with van der Waals surface area (Å²) in [6.45, 7) is 2.79. The van der Waals surface area contributed by atoms with E-state index in [9.17, 15) is 9.90 Å². The molecule has 100 valence electrons. The molecule has 5 heteroatoms. The summed E-state index contributed by atoms with van der Waals surface area (Å²) in [5.74, 6) is 0.153. The fraction of sp³-hybridized carbons (Fsp3) is 0.615. The monoisotopic (exact) mass is 268 g/mol. The lowest BCUT2D eigenvalue weighted by Gasteiger charge is -2.30. The number of aliphatic hydroxyl groups excluding tert-OH is 1. The molecular weight excluding hydrogens is 248 g/mol. The van der Waals surface area contributed by atoms with Crippen LogP contribution in [-0.4, -0.2) is 53.6 Å². The summed E-state index contributed by atoms with van der Waals surface area (Å²) in [5, 5.41) is 11.4. The Morgan fingerprint density at radius 1 is 1.56 bits per heavy atom. The molecular formula is C13H20N2O2S. The lowest BCUT2D eigenvalue weighted by molar-refractivity contribution is -0.132. The van der Waals surface area contributed by atoms with Gasteiger partial charge in [-0.15, -0.1) is 11.3 Å². The Bertz CT molecular complexity index is 372. The average molecular weight is 268 g/mol. The maximum atomic E-state index is 12.0. The molecule has 1 N–H and O–H groups in total. The Morgan fingerprint density at radius 2 is 2.28 bits per heavy atom. The third kappa shape index (κ3) is 3.80. The molecule has 1 aromatic rings. The molecule has 0 saturated carbocycles. The zero-order valence-electron chi connectivity index (χ0n) is 10.7. The van der Waals surface area contributed by atoms with Gasteiger partial charge in [0.15, 0.2) is 0 Å². The Labute approximate surface area is 112 Å². The molecule has 1 aliphatic rings. The molecule has 0 bridgehead atoms. The summed E-state index contributed by atoms with van der Waals surface area (Å²) in [6, 6.07) is 4.05. The second-order valence-electron chi connectivity index (χ2n) is 4.84. The molecule has 0 aliphatic carbocycles. The lowest BCUT2D eigenvalue weighted by atomic mass is 10.1. The summed E-state index contributed by atoms with van der Waals surface area (Å²) < 4.78 is 0. The second-order valence-corrected chi connectivity index (χ2v) is 5.87. The van der Waals surface area contributed by atoms with Crippen LogP contribution in [0, 0.1) is 0 Å². The number of likely N-dealkylation sites (N-methyl/N-ethyl adjacent to an activating group) is 1. The summed E-state index contributed by atoms with van der Waals surface area (Å²) >= 11 is 1.67. The normalized spacial score (nSPS) is 17.9. The van der Waals surface area contributed by atoms with E-state index in [0.29, 0.717) is 13.1 Å². The number of rotatable bonds is 4. The lowest BCUT2D eigenvalue weighted by Crippen LogP contribution is -2.42. The number of thiophene rings is 1. The van der Waals surface area contributed by atoms with Crippen LogP contribution in [0.1, 0.15) is 17.7 Å². The van der Waals surface area contributed by atoms with E-state index in [4.69, 9.17) is 0 Å². The fourth-order valence-corrected chi connectivity index (χ4v) is 2.87. The van der Waals surface area contributed by atoms with Crippen molar-refractivity contribution in [1.82, 2.24) is 9.80 Å². The van der Waals surface area contributed by atoms with E-state index in [2.05, 4.69) is 4.90 Å². The van der Waals surface area contributed by atoms with Crippen molar-refractivity contribution in [3.63, 3.8) is 0 Å². The van der Waals surface area contributed by atoms with Gasteiger partial charge in [-0.3, -0.25) is 9.69 Å². The molecule has 0 radical (unpaired) electrons. The summed E-state index contributed by atoms with van der Waals surface area (Å²) in [5.41, 5.74) is 0. The zero-order valence-corrected chi connectivity index (χ0v) is 11.5. The van der Waals surface area contributed by atoms with E-state index in [-0.39, 0.29) is 12.0 Å². The van der Waals surface area contributed by atoms with Crippen LogP contribution in [-0.2, 0) is 11.3 Å². The largest absolute Gasteiger partial charge is 0.393 e. The van der Waals surface area contributed by atoms with Crippen molar-refractivity contribution in [3.05, 3.63) is 22.4 Å². The minimum absolute atomic E-state index is 0.153. The Morgan fingerprint density at radius 3 is 2.89 bits per heavy atom. The summed E-state index contributed by atoms with van der Waals surface area (Å²) in [7, 11) is 1.85. The van der Waals surface area contributed by atoms with E-state index in [1.807, 2.05) is 24.6 Å². The highest BCUT2D eigenvalue weighted by Crippen LogP contribution is 2.12. The van der Waals surface area contributed by atoms with Crippen LogP contribution in [0.5, 0.6) is 0 Å². The van der Waals surface area contributed by atoms with E-state index >= 15 is 0 Å². The summed E-state index contributed by atoms with van der Waals surface area (Å²) in [4.78, 5) is 17.2. The van der Waals surface area contributed by atoms with Crippen LogP contribution < -0.4 is 0 Å². The first-order chi connectivity index (χ1) is 8.65. The van der Waals surface area contributed by atoms with Gasteiger partial charge >= 0.3 is 0 Å². The van der Waals surface area contributed by atoms with Gasteiger partial charge in [-0.1, -0.05) is 6.07 Å². The molecule has 1 aromatic heterocycles. The number of likely N-dealkylation sites (tertiary alicyclic amines) is 1. The predicted molar refractivity (Wildman–Crippen MR) is 72.5 cm³/mol. The van der Waals surface area contributed by atoms with Crippen molar-refractivity contribution in [1.29, 1.82) is 0 Å². The van der Waals surface area contributed by atoms with Crippen molar-refractivity contribution < 1.29 is 9.90 Å². The SMILES string of the molecule is CN(Cc1cccs1)C(=O)CN1CCC(O)CC1. The van der Waals surface area contributed by atoms with Crippen molar-refractivity contribution in [3.8, 4) is 0 Å². The van der Waals surface area contributed by atoms with Crippen LogP contribution in [0.4, 0.5) is 0 Å². The molecule has 0 unspecified atom stereocenters. The molecule has 4 nitrogen and oxygen atoms in total. The molecule has 1 amide bonds. The van der Waals surface area contributed by atoms with Gasteiger partial charge in [-0.2, -0.15) is 0 Å². The number of carbonyl (C=O) groups excluding carboxylic acids is 1. The minimum atomic E-state index is -0.180. The quantitative estimate of drug-likeness (QED) is 0.891. The van der Waals surface area contributed by atoms with E-state index in [0.717, 1.165) is 25.9 Å². The van der Waals surface area contributed by atoms with Gasteiger partial charge < -0.3 is 10.0 Å². The van der Waals surface area contributed by atoms with Gasteiger partial charge in [0, 0.05) is 25.0 Å². The van der Waals surface area contributed by atoms with Crippen LogP contribution in [0.25, 0.3) is 0 Å². The number of aliphatic hydroxyl groups is 1. The highest BCUT2D eigenvalue weighted by molar-refractivity contribution is 7.09. The topological polar surface area (TPSA) is 43.8 Å². The molecule has 2 rings (SSSR count). The molecule has 0 spiro atoms. The van der Waals surface area contributed by atoms with Gasteiger partial charge in [0.1, 0.15) is 0 Å². The number of carbonyl (C=O) groups is 1. The molecule has 2 heterocycles. The smallest absolute Gasteiger partial charge is 0.236 e. The average Bonchev–Trinajstić information content (AvgIpc) is 2.85. The highest BCUT2D eigenvalue weighted by atomic mass is 32.1. The second kappa shape index (κ2) is 6.31. The number of hydrogen-bond acceptors (Lipinski definition) is 4. The molecule has 0 aromatic carbocycles. The van der Waals surface area contributed by atoms with Crippen molar-refractivity contribution in [2.75, 3.05) is 26.7 Å². The first-order valence-electron chi connectivity index (χ1n) is 6.32. The third-order valence-electron chi connectivity index (χ3n) is 3.31. The number of nitrogens with zero attached hydrogens (tertiary/aromatic N) is 2. The first kappa shape index (κ1) is 13.5. The van der Waals surface area contributed by atoms with Gasteiger partial charge in [0.05, 0.1) is 19.2 Å². The van der Waals surface area contributed by atoms with Gasteiger partial charge in [0.25, 0.3) is 0 Å². The van der Waals surface area contributed by atoms with Gasteiger partial charge in [-0.05, 0) is 24.3 Å². The standard InChI is InChI=1S/C13H20N2O2S/c1-14(9-12-3-2-8-18-12)13(17)10-15-6-4-11(16)5-7-15/h2-3,8,11,16H,4-7,9-10H2,1H3. The van der Waals surface area contributed by atoms with E-state index in [1.165, 1.54) is 4.88 Å². The van der Waals surface area contributed by atoms with Crippen molar-refractivity contribution in [2.45, 2.75) is 25.5 Å². The molecule has 1 aliphatic heterocycles. The maximum Gasteiger partial charge on any atom is 0.236 e. The predicted octanol–water partition coefficient (Wildman–Crippen LogP) is 1.16. The number of amides is 1. The summed E-state index contributed by atoms with van der Waals surface area (Å²) in [6.07, 6.45) is 1.38. The van der Waals surface area contributed by atoms with Crippen LogP contribution in [0.3, 0.4) is 0 Å². The van der Waals surface area contributed by atoms with Crippen molar-refractivity contribution in [2.24, 2.45) is 0 Å². The minimum Gasteiger partial charge on any atom is -0.393 e. The van der Waals surface area contributed by atoms with Gasteiger partial charge in [0.2, 0.25) is 5.91 Å². The van der Waals surface area contributed by atoms with Crippen LogP contribution in [0.2, 0.25) is 0 Å². The molecule has 1 fully saturated rings. The fourth-order valence-electron chi connectivity index (χ4n) is 2.11. The Balaban J connectivity index is 1.77.